The standard InChI is InChI=1S/C10H18O2/c1-8-3-4-10(12,5-6-11)9(2)7-8/h6,8-9,12H,3-5,7H2,1-2H3. The largest absolute Gasteiger partial charge is 0.389 e. The van der Waals surface area contributed by atoms with Crippen molar-refractivity contribution in [1.29, 1.82) is 0 Å². The van der Waals surface area contributed by atoms with E-state index >= 15 is 0 Å². The van der Waals surface area contributed by atoms with Crippen LogP contribution in [-0.4, -0.2) is 17.0 Å². The zero-order chi connectivity index (χ0) is 9.19. The third-order valence-corrected chi connectivity index (χ3v) is 3.18. The molecule has 1 saturated carbocycles. The van der Waals surface area contributed by atoms with Crippen molar-refractivity contribution in [3.8, 4) is 0 Å². The van der Waals surface area contributed by atoms with E-state index in [0.717, 1.165) is 25.5 Å². The van der Waals surface area contributed by atoms with Crippen molar-refractivity contribution >= 4 is 6.29 Å². The predicted octanol–water partition coefficient (Wildman–Crippen LogP) is 1.76. The molecule has 12 heavy (non-hydrogen) atoms. The maximum atomic E-state index is 10.3. The van der Waals surface area contributed by atoms with Crippen LogP contribution in [0.15, 0.2) is 0 Å². The number of hydrogen-bond acceptors (Lipinski definition) is 2. The number of hydrogen-bond donors (Lipinski definition) is 1. The van der Waals surface area contributed by atoms with Gasteiger partial charge in [-0.1, -0.05) is 13.8 Å². The SMILES string of the molecule is CC1CCC(O)(CC=O)C(C)C1. The maximum absolute atomic E-state index is 10.3. The fraction of sp³-hybridized carbons (Fsp3) is 0.900. The monoisotopic (exact) mass is 170 g/mol. The lowest BCUT2D eigenvalue weighted by Crippen LogP contribution is -2.41. The van der Waals surface area contributed by atoms with Gasteiger partial charge in [-0.25, -0.2) is 0 Å². The Kier molecular flexibility index (Phi) is 2.89. The fourth-order valence-corrected chi connectivity index (χ4v) is 2.13. The molecule has 0 radical (unpaired) electrons. The van der Waals surface area contributed by atoms with Crippen LogP contribution in [0.25, 0.3) is 0 Å². The summed E-state index contributed by atoms with van der Waals surface area (Å²) in [4.78, 5) is 10.3. The van der Waals surface area contributed by atoms with Gasteiger partial charge >= 0.3 is 0 Å². The van der Waals surface area contributed by atoms with Gasteiger partial charge in [0.2, 0.25) is 0 Å². The van der Waals surface area contributed by atoms with Crippen LogP contribution in [0, 0.1) is 11.8 Å². The highest BCUT2D eigenvalue weighted by atomic mass is 16.3. The number of carbonyl (C=O) groups is 1. The molecule has 1 fully saturated rings. The van der Waals surface area contributed by atoms with Gasteiger partial charge < -0.3 is 9.90 Å². The normalized spacial score (nSPS) is 42.6. The molecule has 0 bridgehead atoms. The number of aldehydes is 1. The van der Waals surface area contributed by atoms with Gasteiger partial charge in [-0.05, 0) is 31.1 Å². The minimum atomic E-state index is -0.700. The number of carbonyl (C=O) groups excluding carboxylic acids is 1. The van der Waals surface area contributed by atoms with Crippen molar-refractivity contribution in [3.63, 3.8) is 0 Å². The van der Waals surface area contributed by atoms with E-state index in [-0.39, 0.29) is 5.92 Å². The summed E-state index contributed by atoms with van der Waals surface area (Å²) >= 11 is 0. The predicted molar refractivity (Wildman–Crippen MR) is 47.8 cm³/mol. The summed E-state index contributed by atoms with van der Waals surface area (Å²) in [5.41, 5.74) is -0.700. The smallest absolute Gasteiger partial charge is 0.122 e. The molecule has 1 rings (SSSR count). The van der Waals surface area contributed by atoms with Crippen LogP contribution in [-0.2, 0) is 4.79 Å². The summed E-state index contributed by atoms with van der Waals surface area (Å²) < 4.78 is 0. The Morgan fingerprint density at radius 1 is 1.58 bits per heavy atom. The first-order chi connectivity index (χ1) is 5.58. The van der Waals surface area contributed by atoms with Crippen molar-refractivity contribution in [1.82, 2.24) is 0 Å². The van der Waals surface area contributed by atoms with E-state index < -0.39 is 5.60 Å². The summed E-state index contributed by atoms with van der Waals surface area (Å²) in [6.45, 7) is 4.25. The van der Waals surface area contributed by atoms with Crippen LogP contribution in [0.1, 0.15) is 39.5 Å². The minimum absolute atomic E-state index is 0.270. The van der Waals surface area contributed by atoms with E-state index in [9.17, 15) is 9.90 Å². The summed E-state index contributed by atoms with van der Waals surface area (Å²) in [6.07, 6.45) is 4.03. The topological polar surface area (TPSA) is 37.3 Å². The van der Waals surface area contributed by atoms with Crippen LogP contribution >= 0.6 is 0 Å². The van der Waals surface area contributed by atoms with Crippen molar-refractivity contribution in [2.45, 2.75) is 45.1 Å². The second kappa shape index (κ2) is 3.56. The van der Waals surface area contributed by atoms with E-state index in [1.54, 1.807) is 0 Å². The molecule has 0 aromatic heterocycles. The fourth-order valence-electron chi connectivity index (χ4n) is 2.13. The molecule has 0 spiro atoms. The van der Waals surface area contributed by atoms with Gasteiger partial charge in [-0.2, -0.15) is 0 Å². The quantitative estimate of drug-likeness (QED) is 0.641. The highest BCUT2D eigenvalue weighted by Gasteiger charge is 2.37. The minimum Gasteiger partial charge on any atom is -0.389 e. The lowest BCUT2D eigenvalue weighted by molar-refractivity contribution is -0.118. The Hall–Kier alpha value is -0.370. The van der Waals surface area contributed by atoms with E-state index in [1.165, 1.54) is 0 Å². The molecule has 0 saturated heterocycles. The maximum Gasteiger partial charge on any atom is 0.122 e. The van der Waals surface area contributed by atoms with E-state index in [1.807, 2.05) is 6.92 Å². The molecule has 1 N–H and O–H groups in total. The van der Waals surface area contributed by atoms with Gasteiger partial charge in [0.1, 0.15) is 6.29 Å². The highest BCUT2D eigenvalue weighted by Crippen LogP contribution is 2.38. The molecule has 0 heterocycles. The Morgan fingerprint density at radius 3 is 2.75 bits per heavy atom. The van der Waals surface area contributed by atoms with Gasteiger partial charge in [0.05, 0.1) is 5.60 Å². The zero-order valence-electron chi connectivity index (χ0n) is 7.92. The second-order valence-electron chi connectivity index (χ2n) is 4.25. The van der Waals surface area contributed by atoms with E-state index in [4.69, 9.17) is 0 Å². The molecule has 0 aromatic carbocycles. The molecule has 70 valence electrons. The van der Waals surface area contributed by atoms with Crippen molar-refractivity contribution in [2.24, 2.45) is 11.8 Å². The molecule has 2 heteroatoms. The molecule has 0 aliphatic heterocycles. The second-order valence-corrected chi connectivity index (χ2v) is 4.25. The van der Waals surface area contributed by atoms with Crippen LogP contribution in [0.5, 0.6) is 0 Å². The number of rotatable bonds is 2. The average molecular weight is 170 g/mol. The van der Waals surface area contributed by atoms with Crippen LogP contribution in [0.4, 0.5) is 0 Å². The highest BCUT2D eigenvalue weighted by molar-refractivity contribution is 5.51. The molecule has 3 atom stereocenters. The van der Waals surface area contributed by atoms with Crippen molar-refractivity contribution < 1.29 is 9.90 Å². The third kappa shape index (κ3) is 1.86. The van der Waals surface area contributed by atoms with Crippen molar-refractivity contribution in [2.75, 3.05) is 0 Å². The first-order valence-electron chi connectivity index (χ1n) is 4.74. The van der Waals surface area contributed by atoms with Crippen LogP contribution in [0.2, 0.25) is 0 Å². The Bertz CT molecular complexity index is 167. The summed E-state index contributed by atoms with van der Waals surface area (Å²) in [6, 6.07) is 0. The van der Waals surface area contributed by atoms with Gasteiger partial charge in [-0.15, -0.1) is 0 Å². The van der Waals surface area contributed by atoms with Gasteiger partial charge in [0.15, 0.2) is 0 Å². The molecular weight excluding hydrogens is 152 g/mol. The molecule has 1 aliphatic rings. The Labute approximate surface area is 74.0 Å². The van der Waals surface area contributed by atoms with Crippen LogP contribution < -0.4 is 0 Å². The van der Waals surface area contributed by atoms with E-state index in [2.05, 4.69) is 6.92 Å². The first-order valence-corrected chi connectivity index (χ1v) is 4.74. The Morgan fingerprint density at radius 2 is 2.25 bits per heavy atom. The number of aliphatic hydroxyl groups is 1. The molecule has 1 aliphatic carbocycles. The molecule has 2 nitrogen and oxygen atoms in total. The average Bonchev–Trinajstić information content (AvgIpc) is 1.99. The van der Waals surface area contributed by atoms with Gasteiger partial charge in [0, 0.05) is 6.42 Å². The Balaban J connectivity index is 2.59. The molecular formula is C10H18O2. The molecule has 3 unspecified atom stereocenters. The zero-order valence-corrected chi connectivity index (χ0v) is 7.92. The van der Waals surface area contributed by atoms with Gasteiger partial charge in [0.25, 0.3) is 0 Å². The van der Waals surface area contributed by atoms with Gasteiger partial charge in [-0.3, -0.25) is 0 Å². The van der Waals surface area contributed by atoms with Crippen molar-refractivity contribution in [3.05, 3.63) is 0 Å². The summed E-state index contributed by atoms with van der Waals surface area (Å²) in [5, 5.41) is 10.0. The van der Waals surface area contributed by atoms with Crippen LogP contribution in [0.3, 0.4) is 0 Å². The first kappa shape index (κ1) is 9.72. The summed E-state index contributed by atoms with van der Waals surface area (Å²) in [5.74, 6) is 0.971. The molecule has 0 amide bonds. The third-order valence-electron chi connectivity index (χ3n) is 3.18. The molecule has 0 aromatic rings. The van der Waals surface area contributed by atoms with E-state index in [0.29, 0.717) is 12.3 Å². The summed E-state index contributed by atoms with van der Waals surface area (Å²) in [7, 11) is 0. The lowest BCUT2D eigenvalue weighted by Gasteiger charge is -2.39. The lowest BCUT2D eigenvalue weighted by atomic mass is 9.71.